The van der Waals surface area contributed by atoms with Crippen LogP contribution in [-0.2, 0) is 14.4 Å². The Kier molecular flexibility index (Phi) is 5.82. The van der Waals surface area contributed by atoms with Crippen molar-refractivity contribution in [3.63, 3.8) is 0 Å². The summed E-state index contributed by atoms with van der Waals surface area (Å²) in [4.78, 5) is 35.1. The van der Waals surface area contributed by atoms with Gasteiger partial charge in [-0.3, -0.25) is 19.3 Å². The second-order valence-electron chi connectivity index (χ2n) is 4.89. The summed E-state index contributed by atoms with van der Waals surface area (Å²) in [7, 11) is 0. The van der Waals surface area contributed by atoms with Crippen molar-refractivity contribution in [3.8, 4) is 0 Å². The fourth-order valence-electron chi connectivity index (χ4n) is 2.10. The molecule has 5 heteroatoms. The Bertz CT molecular complexity index is 328. The van der Waals surface area contributed by atoms with Gasteiger partial charge in [0.1, 0.15) is 0 Å². The molecule has 5 nitrogen and oxygen atoms in total. The fourth-order valence-corrected chi connectivity index (χ4v) is 2.10. The number of unbranched alkanes of at least 4 members (excludes halogenated alkanes) is 3. The molecule has 0 aliphatic carbocycles. The van der Waals surface area contributed by atoms with E-state index in [0.717, 1.165) is 25.7 Å². The molecule has 1 aliphatic rings. The smallest absolute Gasteiger partial charge is 0.232 e. The highest BCUT2D eigenvalue weighted by Gasteiger charge is 2.34. The average Bonchev–Trinajstić information content (AvgIpc) is 2.53. The van der Waals surface area contributed by atoms with Crippen molar-refractivity contribution in [2.45, 2.75) is 46.0 Å². The molecule has 1 aliphatic heterocycles. The van der Waals surface area contributed by atoms with Crippen molar-refractivity contribution in [2.75, 3.05) is 13.1 Å². The van der Waals surface area contributed by atoms with Crippen LogP contribution in [0.3, 0.4) is 0 Å². The first-order chi connectivity index (χ1) is 8.52. The van der Waals surface area contributed by atoms with Crippen LogP contribution >= 0.6 is 0 Å². The van der Waals surface area contributed by atoms with E-state index in [9.17, 15) is 14.4 Å². The van der Waals surface area contributed by atoms with E-state index in [4.69, 9.17) is 0 Å². The lowest BCUT2D eigenvalue weighted by Crippen LogP contribution is -2.31. The van der Waals surface area contributed by atoms with Crippen molar-refractivity contribution in [3.05, 3.63) is 0 Å². The summed E-state index contributed by atoms with van der Waals surface area (Å²) >= 11 is 0. The maximum absolute atomic E-state index is 11.6. The van der Waals surface area contributed by atoms with Gasteiger partial charge in [-0.15, -0.1) is 0 Å². The third-order valence-electron chi connectivity index (χ3n) is 3.15. The molecule has 102 valence electrons. The normalized spacial score (nSPS) is 19.4. The van der Waals surface area contributed by atoms with E-state index in [-0.39, 0.29) is 23.6 Å². The van der Waals surface area contributed by atoms with Gasteiger partial charge in [-0.1, -0.05) is 19.8 Å². The van der Waals surface area contributed by atoms with Crippen LogP contribution < -0.4 is 5.32 Å². The molecule has 1 saturated heterocycles. The average molecular weight is 254 g/mol. The summed E-state index contributed by atoms with van der Waals surface area (Å²) < 4.78 is 0. The van der Waals surface area contributed by atoms with Crippen molar-refractivity contribution in [1.82, 2.24) is 10.2 Å². The molecule has 0 aromatic heterocycles. The summed E-state index contributed by atoms with van der Waals surface area (Å²) in [6.45, 7) is 4.55. The molecule has 0 aromatic carbocycles. The lowest BCUT2D eigenvalue weighted by atomic mass is 10.1. The van der Waals surface area contributed by atoms with Crippen LogP contribution in [0.15, 0.2) is 0 Å². The van der Waals surface area contributed by atoms with Gasteiger partial charge in [-0.2, -0.15) is 0 Å². The zero-order valence-corrected chi connectivity index (χ0v) is 11.2. The highest BCUT2D eigenvalue weighted by atomic mass is 16.2. The Morgan fingerprint density at radius 3 is 2.50 bits per heavy atom. The number of likely N-dealkylation sites (tertiary alicyclic amines) is 1. The van der Waals surface area contributed by atoms with E-state index >= 15 is 0 Å². The van der Waals surface area contributed by atoms with E-state index in [1.165, 1.54) is 11.8 Å². The van der Waals surface area contributed by atoms with Gasteiger partial charge >= 0.3 is 0 Å². The van der Waals surface area contributed by atoms with Crippen molar-refractivity contribution in [1.29, 1.82) is 0 Å². The molecule has 1 atom stereocenters. The number of rotatable bonds is 7. The lowest BCUT2D eigenvalue weighted by molar-refractivity contribution is -0.139. The first-order valence-electron chi connectivity index (χ1n) is 6.61. The molecule has 1 unspecified atom stereocenters. The van der Waals surface area contributed by atoms with Gasteiger partial charge in [0, 0.05) is 32.4 Å². The minimum absolute atomic E-state index is 0.00255. The number of amides is 3. The number of imide groups is 1. The Hall–Kier alpha value is -1.39. The largest absolute Gasteiger partial charge is 0.356 e. The predicted octanol–water partition coefficient (Wildman–Crippen LogP) is 1.08. The van der Waals surface area contributed by atoms with Gasteiger partial charge in [0.15, 0.2) is 0 Å². The summed E-state index contributed by atoms with van der Waals surface area (Å²) in [5.41, 5.74) is 0. The molecular weight excluding hydrogens is 232 g/mol. The Labute approximate surface area is 108 Å². The molecule has 1 rings (SSSR count). The van der Waals surface area contributed by atoms with Crippen LogP contribution in [0.25, 0.3) is 0 Å². The zero-order chi connectivity index (χ0) is 13.5. The number of carbonyl (C=O) groups is 3. The van der Waals surface area contributed by atoms with Crippen LogP contribution in [0.2, 0.25) is 0 Å². The van der Waals surface area contributed by atoms with Crippen LogP contribution in [0, 0.1) is 5.92 Å². The Balaban J connectivity index is 2.06. The van der Waals surface area contributed by atoms with E-state index < -0.39 is 0 Å². The number of hydrogen-bond donors (Lipinski definition) is 1. The molecule has 0 saturated carbocycles. The molecule has 3 amide bonds. The van der Waals surface area contributed by atoms with Crippen LogP contribution in [-0.4, -0.2) is 35.7 Å². The standard InChI is InChI=1S/C13H22N2O3/c1-10-9-12(17)15(13(10)18)8-6-4-3-5-7-14-11(2)16/h10H,3-9H2,1-2H3,(H,14,16). The van der Waals surface area contributed by atoms with Crippen molar-refractivity contribution >= 4 is 17.7 Å². The third-order valence-corrected chi connectivity index (χ3v) is 3.15. The van der Waals surface area contributed by atoms with Crippen molar-refractivity contribution in [2.24, 2.45) is 5.92 Å². The molecule has 1 N–H and O–H groups in total. The van der Waals surface area contributed by atoms with Gasteiger partial charge in [-0.05, 0) is 12.8 Å². The Morgan fingerprint density at radius 1 is 1.28 bits per heavy atom. The summed E-state index contributed by atoms with van der Waals surface area (Å²) in [5, 5.41) is 2.74. The van der Waals surface area contributed by atoms with Gasteiger partial charge in [0.05, 0.1) is 0 Å². The summed E-state index contributed by atoms with van der Waals surface area (Å²) in [6, 6.07) is 0. The SMILES string of the molecule is CC(=O)NCCCCCCN1C(=O)CC(C)C1=O. The van der Waals surface area contributed by atoms with Crippen molar-refractivity contribution < 1.29 is 14.4 Å². The number of hydrogen-bond acceptors (Lipinski definition) is 3. The highest BCUT2D eigenvalue weighted by molar-refractivity contribution is 6.03. The first-order valence-corrected chi connectivity index (χ1v) is 6.61. The number of nitrogens with one attached hydrogen (secondary N) is 1. The lowest BCUT2D eigenvalue weighted by Gasteiger charge is -2.13. The predicted molar refractivity (Wildman–Crippen MR) is 67.7 cm³/mol. The monoisotopic (exact) mass is 254 g/mol. The van der Waals surface area contributed by atoms with E-state index in [2.05, 4.69) is 5.32 Å². The van der Waals surface area contributed by atoms with Gasteiger partial charge in [-0.25, -0.2) is 0 Å². The molecule has 0 aromatic rings. The molecule has 18 heavy (non-hydrogen) atoms. The topological polar surface area (TPSA) is 66.5 Å². The van der Waals surface area contributed by atoms with E-state index in [1.54, 1.807) is 6.92 Å². The first kappa shape index (κ1) is 14.7. The molecule has 0 radical (unpaired) electrons. The molecule has 1 heterocycles. The summed E-state index contributed by atoms with van der Waals surface area (Å²) in [5.74, 6) is -0.210. The highest BCUT2D eigenvalue weighted by Crippen LogP contribution is 2.19. The Morgan fingerprint density at radius 2 is 1.94 bits per heavy atom. The molecule has 0 spiro atoms. The van der Waals surface area contributed by atoms with E-state index in [1.807, 2.05) is 0 Å². The van der Waals surface area contributed by atoms with Crippen LogP contribution in [0.5, 0.6) is 0 Å². The van der Waals surface area contributed by atoms with E-state index in [0.29, 0.717) is 19.5 Å². The summed E-state index contributed by atoms with van der Waals surface area (Å²) in [6.07, 6.45) is 4.14. The third kappa shape index (κ3) is 4.47. The number of nitrogens with zero attached hydrogens (tertiary/aromatic N) is 1. The minimum Gasteiger partial charge on any atom is -0.356 e. The maximum Gasteiger partial charge on any atom is 0.232 e. The minimum atomic E-state index is -0.141. The van der Waals surface area contributed by atoms with Gasteiger partial charge in [0.2, 0.25) is 17.7 Å². The quantitative estimate of drug-likeness (QED) is 0.546. The maximum atomic E-state index is 11.6. The van der Waals surface area contributed by atoms with Crippen LogP contribution in [0.4, 0.5) is 0 Å². The number of carbonyl (C=O) groups excluding carboxylic acids is 3. The molecule has 0 bridgehead atoms. The van der Waals surface area contributed by atoms with Crippen LogP contribution in [0.1, 0.15) is 46.0 Å². The zero-order valence-electron chi connectivity index (χ0n) is 11.2. The molecule has 1 fully saturated rings. The second-order valence-corrected chi connectivity index (χ2v) is 4.89. The fraction of sp³-hybridized carbons (Fsp3) is 0.769. The van der Waals surface area contributed by atoms with Gasteiger partial charge < -0.3 is 5.32 Å². The second kappa shape index (κ2) is 7.13. The van der Waals surface area contributed by atoms with Gasteiger partial charge in [0.25, 0.3) is 0 Å². The molecular formula is C13H22N2O3.